The summed E-state index contributed by atoms with van der Waals surface area (Å²) in [5.74, 6) is 0. The van der Waals surface area contributed by atoms with Gasteiger partial charge in [-0.25, -0.2) is 0 Å². The molecule has 0 aliphatic rings. The van der Waals surface area contributed by atoms with Crippen molar-refractivity contribution in [3.8, 4) is 0 Å². The summed E-state index contributed by atoms with van der Waals surface area (Å²) in [6.45, 7) is 29.9. The van der Waals surface area contributed by atoms with E-state index in [1.807, 2.05) is 7.11 Å². The molecular weight excluding hydrogens is 413 g/mol. The molecule has 0 aliphatic heterocycles. The minimum Gasteiger partial charge on any atom is -0.438 e. The summed E-state index contributed by atoms with van der Waals surface area (Å²) >= 11 is 0. The maximum absolute atomic E-state index is 7.40. The molecular formula is C20H44O2Si5. The molecule has 1 rings (SSSR count). The lowest BCUT2D eigenvalue weighted by atomic mass is 10.2. The third-order valence-electron chi connectivity index (χ3n) is 5.68. The maximum Gasteiger partial charge on any atom is 0.310 e. The van der Waals surface area contributed by atoms with Crippen molar-refractivity contribution in [1.29, 1.82) is 0 Å². The van der Waals surface area contributed by atoms with Gasteiger partial charge in [0.15, 0.2) is 8.32 Å². The molecule has 1 unspecified atom stereocenters. The van der Waals surface area contributed by atoms with Gasteiger partial charge >= 0.3 is 8.08 Å². The topological polar surface area (TPSA) is 18.5 Å². The Labute approximate surface area is 174 Å². The van der Waals surface area contributed by atoms with Crippen molar-refractivity contribution in [2.24, 2.45) is 0 Å². The van der Waals surface area contributed by atoms with E-state index in [-0.39, 0.29) is 4.28 Å². The summed E-state index contributed by atoms with van der Waals surface area (Å²) in [4.78, 5) is 0. The van der Waals surface area contributed by atoms with Crippen LogP contribution in [0, 0.1) is 0 Å². The Balaban J connectivity index is 4.21. The summed E-state index contributed by atoms with van der Waals surface area (Å²) in [5.41, 5.74) is 1.50. The summed E-state index contributed by atoms with van der Waals surface area (Å²) < 4.78 is 14.3. The Kier molecular flexibility index (Phi) is 7.31. The molecule has 0 aromatic heterocycles. The Hall–Kier alpha value is 0.224. The van der Waals surface area contributed by atoms with E-state index in [0.717, 1.165) is 0 Å². The average molecular weight is 457 g/mol. The predicted molar refractivity (Wildman–Crippen MR) is 135 cm³/mol. The van der Waals surface area contributed by atoms with Crippen molar-refractivity contribution < 1.29 is 8.54 Å². The number of hydrogen-bond acceptors (Lipinski definition) is 2. The van der Waals surface area contributed by atoms with Gasteiger partial charge in [-0.2, -0.15) is 0 Å². The molecule has 0 radical (unpaired) electrons. The summed E-state index contributed by atoms with van der Waals surface area (Å²) in [7, 11) is -7.69. The van der Waals surface area contributed by atoms with Crippen LogP contribution in [0.25, 0.3) is 0 Å². The molecule has 0 saturated carbocycles. The highest BCUT2D eigenvalue weighted by atomic mass is 29.3. The van der Waals surface area contributed by atoms with Crippen LogP contribution in [-0.2, 0) is 12.8 Å². The van der Waals surface area contributed by atoms with Gasteiger partial charge in [-0.05, 0) is 25.2 Å². The predicted octanol–water partition coefficient (Wildman–Crippen LogP) is 6.58. The van der Waals surface area contributed by atoms with Crippen LogP contribution in [0.5, 0.6) is 0 Å². The standard InChI is InChI=1S/C20H44O2Si5/c1-21-27(26(11,12)13,22-25(8,9)10)20(23(2,3)4,24(5,6)7)19-17-15-14-16-18-19/h14-18H,1-13H3. The zero-order chi connectivity index (χ0) is 21.5. The van der Waals surface area contributed by atoms with E-state index in [0.29, 0.717) is 0 Å². The maximum atomic E-state index is 7.40. The van der Waals surface area contributed by atoms with Gasteiger partial charge < -0.3 is 8.54 Å². The van der Waals surface area contributed by atoms with Crippen LogP contribution in [0.2, 0.25) is 78.6 Å². The molecule has 0 spiro atoms. The minimum absolute atomic E-state index is 0.0910. The molecule has 1 atom stereocenters. The fourth-order valence-electron chi connectivity index (χ4n) is 5.58. The second-order valence-corrected chi connectivity index (χ2v) is 42.3. The molecule has 0 aliphatic carbocycles. The van der Waals surface area contributed by atoms with Crippen molar-refractivity contribution in [2.75, 3.05) is 7.11 Å². The quantitative estimate of drug-likeness (QED) is 0.411. The van der Waals surface area contributed by atoms with Gasteiger partial charge in [0.05, 0.1) is 16.1 Å². The molecule has 0 amide bonds. The Morgan fingerprint density at radius 3 is 1.33 bits per heavy atom. The first-order valence-electron chi connectivity index (χ1n) is 10.2. The molecule has 1 aromatic rings. The van der Waals surface area contributed by atoms with E-state index in [2.05, 4.69) is 109 Å². The van der Waals surface area contributed by atoms with E-state index < -0.39 is 40.1 Å². The van der Waals surface area contributed by atoms with Crippen LogP contribution in [0.1, 0.15) is 5.56 Å². The molecule has 2 nitrogen and oxygen atoms in total. The Morgan fingerprint density at radius 1 is 0.667 bits per heavy atom. The minimum atomic E-state index is -2.57. The lowest BCUT2D eigenvalue weighted by Crippen LogP contribution is -2.87. The average Bonchev–Trinajstić information content (AvgIpc) is 2.42. The van der Waals surface area contributed by atoms with Gasteiger partial charge in [0.2, 0.25) is 0 Å². The SMILES string of the molecule is CO[Si](O[Si](C)(C)C)(C(c1ccccc1)([Si](C)(C)C)[Si](C)(C)C)[Si](C)(C)C. The zero-order valence-electron chi connectivity index (χ0n) is 20.2. The van der Waals surface area contributed by atoms with Crippen LogP contribution >= 0.6 is 0 Å². The first-order valence-corrected chi connectivity index (χ1v) is 26.9. The van der Waals surface area contributed by atoms with Crippen molar-refractivity contribution >= 4 is 40.1 Å². The second-order valence-electron chi connectivity index (χ2n) is 11.9. The summed E-state index contributed by atoms with van der Waals surface area (Å²) in [6, 6.07) is 11.3. The highest BCUT2D eigenvalue weighted by molar-refractivity contribution is 7.44. The van der Waals surface area contributed by atoms with Gasteiger partial charge in [0.25, 0.3) is 0 Å². The summed E-state index contributed by atoms with van der Waals surface area (Å²) in [5, 5.41) is 0. The van der Waals surface area contributed by atoms with Crippen molar-refractivity contribution in [2.45, 2.75) is 82.8 Å². The van der Waals surface area contributed by atoms with Gasteiger partial charge in [0, 0.05) is 11.4 Å². The van der Waals surface area contributed by atoms with Crippen molar-refractivity contribution in [1.82, 2.24) is 0 Å². The van der Waals surface area contributed by atoms with E-state index in [1.165, 1.54) is 5.56 Å². The van der Waals surface area contributed by atoms with Gasteiger partial charge in [-0.15, -0.1) is 0 Å². The zero-order valence-corrected chi connectivity index (χ0v) is 25.2. The molecule has 27 heavy (non-hydrogen) atoms. The lowest BCUT2D eigenvalue weighted by Gasteiger charge is -2.64. The molecule has 0 bridgehead atoms. The van der Waals surface area contributed by atoms with E-state index in [4.69, 9.17) is 8.54 Å². The monoisotopic (exact) mass is 456 g/mol. The van der Waals surface area contributed by atoms with Crippen LogP contribution in [0.4, 0.5) is 0 Å². The molecule has 1 aromatic carbocycles. The fourth-order valence-corrected chi connectivity index (χ4v) is 58.9. The lowest BCUT2D eigenvalue weighted by molar-refractivity contribution is 0.304. The molecule has 0 fully saturated rings. The van der Waals surface area contributed by atoms with E-state index in [9.17, 15) is 0 Å². The third kappa shape index (κ3) is 4.39. The molecule has 0 saturated heterocycles. The molecule has 0 heterocycles. The second kappa shape index (κ2) is 7.81. The Morgan fingerprint density at radius 2 is 1.07 bits per heavy atom. The first kappa shape index (κ1) is 25.3. The fraction of sp³-hybridized carbons (Fsp3) is 0.700. The number of benzene rings is 1. The Bertz CT molecular complexity index is 607. The summed E-state index contributed by atoms with van der Waals surface area (Å²) in [6.07, 6.45) is 0. The number of hydrogen-bond donors (Lipinski definition) is 0. The third-order valence-corrected chi connectivity index (χ3v) is 39.2. The van der Waals surface area contributed by atoms with Crippen molar-refractivity contribution in [3.63, 3.8) is 0 Å². The molecule has 156 valence electrons. The normalized spacial score (nSPS) is 16.9. The molecule has 7 heteroatoms. The van der Waals surface area contributed by atoms with Crippen LogP contribution < -0.4 is 0 Å². The highest BCUT2D eigenvalue weighted by Crippen LogP contribution is 2.53. The van der Waals surface area contributed by atoms with Crippen LogP contribution in [0.15, 0.2) is 30.3 Å². The highest BCUT2D eigenvalue weighted by Gasteiger charge is 2.74. The van der Waals surface area contributed by atoms with Crippen molar-refractivity contribution in [3.05, 3.63) is 35.9 Å². The number of rotatable bonds is 8. The van der Waals surface area contributed by atoms with Crippen LogP contribution in [-0.4, -0.2) is 47.2 Å². The first-order chi connectivity index (χ1) is 11.9. The molecule has 0 N–H and O–H groups in total. The van der Waals surface area contributed by atoms with E-state index in [1.54, 1.807) is 0 Å². The van der Waals surface area contributed by atoms with Crippen LogP contribution in [0.3, 0.4) is 0 Å². The largest absolute Gasteiger partial charge is 0.438 e. The van der Waals surface area contributed by atoms with Gasteiger partial charge in [-0.1, -0.05) is 89.3 Å². The van der Waals surface area contributed by atoms with Gasteiger partial charge in [0.1, 0.15) is 7.59 Å². The smallest absolute Gasteiger partial charge is 0.310 e. The van der Waals surface area contributed by atoms with E-state index >= 15 is 0 Å². The van der Waals surface area contributed by atoms with Gasteiger partial charge in [-0.3, -0.25) is 0 Å².